The molecule has 0 aliphatic carbocycles. The van der Waals surface area contributed by atoms with Crippen molar-refractivity contribution in [1.82, 2.24) is 0 Å². The lowest BCUT2D eigenvalue weighted by molar-refractivity contribution is -0.137. The van der Waals surface area contributed by atoms with Crippen LogP contribution in [0.4, 0.5) is 13.2 Å². The van der Waals surface area contributed by atoms with Crippen molar-refractivity contribution in [1.29, 1.82) is 0 Å². The van der Waals surface area contributed by atoms with Crippen molar-refractivity contribution in [3.8, 4) is 5.75 Å². The van der Waals surface area contributed by atoms with Crippen LogP contribution in [-0.2, 0) is 6.18 Å². The molecule has 1 aromatic rings. The zero-order valence-corrected chi connectivity index (χ0v) is 8.95. The summed E-state index contributed by atoms with van der Waals surface area (Å²) in [5.74, 6) is -0.519. The van der Waals surface area contributed by atoms with Crippen molar-refractivity contribution in [2.75, 3.05) is 6.61 Å². The number of nitrogens with two attached hydrogens (primary N) is 1. The zero-order valence-electron chi connectivity index (χ0n) is 8.95. The van der Waals surface area contributed by atoms with Gasteiger partial charge >= 0.3 is 6.18 Å². The SMILES string of the molecule is CCOc1ccc(/C(N)=N/O)c(C(F)(F)F)c1. The molecule has 17 heavy (non-hydrogen) atoms. The fourth-order valence-electron chi connectivity index (χ4n) is 1.29. The Kier molecular flexibility index (Phi) is 3.82. The molecule has 0 atom stereocenters. The van der Waals surface area contributed by atoms with Crippen molar-refractivity contribution in [2.24, 2.45) is 10.9 Å². The second-order valence-corrected chi connectivity index (χ2v) is 3.12. The summed E-state index contributed by atoms with van der Waals surface area (Å²) in [4.78, 5) is 0. The normalized spacial score (nSPS) is 12.6. The third-order valence-corrected chi connectivity index (χ3v) is 1.99. The molecular weight excluding hydrogens is 237 g/mol. The van der Waals surface area contributed by atoms with Crippen LogP contribution in [0, 0.1) is 0 Å². The molecule has 0 radical (unpaired) electrons. The molecule has 94 valence electrons. The number of ether oxygens (including phenoxy) is 1. The molecule has 0 spiro atoms. The number of amidine groups is 1. The molecule has 4 nitrogen and oxygen atoms in total. The maximum absolute atomic E-state index is 12.7. The van der Waals surface area contributed by atoms with Crippen LogP contribution in [0.15, 0.2) is 23.4 Å². The lowest BCUT2D eigenvalue weighted by Crippen LogP contribution is -2.20. The molecule has 0 amide bonds. The van der Waals surface area contributed by atoms with Crippen molar-refractivity contribution in [3.63, 3.8) is 0 Å². The Bertz CT molecular complexity index is 430. The fraction of sp³-hybridized carbons (Fsp3) is 0.300. The fourth-order valence-corrected chi connectivity index (χ4v) is 1.29. The zero-order chi connectivity index (χ0) is 13.1. The molecule has 1 rings (SSSR count). The molecule has 0 fully saturated rings. The first kappa shape index (κ1) is 13.1. The summed E-state index contributed by atoms with van der Waals surface area (Å²) >= 11 is 0. The van der Waals surface area contributed by atoms with Gasteiger partial charge in [0.05, 0.1) is 12.2 Å². The third-order valence-electron chi connectivity index (χ3n) is 1.99. The molecule has 0 aliphatic heterocycles. The average Bonchev–Trinajstić information content (AvgIpc) is 2.27. The van der Waals surface area contributed by atoms with Gasteiger partial charge in [0, 0.05) is 5.56 Å². The van der Waals surface area contributed by atoms with E-state index in [9.17, 15) is 13.2 Å². The molecule has 0 unspecified atom stereocenters. The first-order valence-electron chi connectivity index (χ1n) is 4.72. The minimum absolute atomic E-state index is 0.0781. The highest BCUT2D eigenvalue weighted by Crippen LogP contribution is 2.34. The van der Waals surface area contributed by atoms with Crippen LogP contribution in [0.5, 0.6) is 5.75 Å². The highest BCUT2D eigenvalue weighted by atomic mass is 19.4. The van der Waals surface area contributed by atoms with Crippen LogP contribution in [0.1, 0.15) is 18.1 Å². The van der Waals surface area contributed by atoms with Gasteiger partial charge in [0.15, 0.2) is 5.84 Å². The molecule has 7 heteroatoms. The van der Waals surface area contributed by atoms with Gasteiger partial charge in [-0.1, -0.05) is 5.16 Å². The number of nitrogens with zero attached hydrogens (tertiary/aromatic N) is 1. The van der Waals surface area contributed by atoms with Crippen LogP contribution < -0.4 is 10.5 Å². The van der Waals surface area contributed by atoms with Gasteiger partial charge in [-0.3, -0.25) is 0 Å². The van der Waals surface area contributed by atoms with E-state index in [1.54, 1.807) is 6.92 Å². The Balaban J connectivity index is 3.32. The standard InChI is InChI=1S/C10H11F3N2O2/c1-2-17-6-3-4-7(9(14)15-16)8(5-6)10(11,12)13/h3-5,16H,2H2,1H3,(H2,14,15). The topological polar surface area (TPSA) is 67.8 Å². The minimum atomic E-state index is -4.60. The van der Waals surface area contributed by atoms with Crippen molar-refractivity contribution < 1.29 is 23.1 Å². The number of hydrogen-bond acceptors (Lipinski definition) is 3. The van der Waals surface area contributed by atoms with E-state index >= 15 is 0 Å². The second kappa shape index (κ2) is 4.94. The predicted molar refractivity (Wildman–Crippen MR) is 55.1 cm³/mol. The van der Waals surface area contributed by atoms with E-state index in [0.717, 1.165) is 12.1 Å². The molecule has 0 heterocycles. The lowest BCUT2D eigenvalue weighted by Gasteiger charge is -2.13. The van der Waals surface area contributed by atoms with Crippen LogP contribution in [-0.4, -0.2) is 17.6 Å². The Labute approximate surface area is 95.5 Å². The van der Waals surface area contributed by atoms with E-state index < -0.39 is 17.6 Å². The van der Waals surface area contributed by atoms with E-state index in [0.29, 0.717) is 0 Å². The minimum Gasteiger partial charge on any atom is -0.494 e. The Morgan fingerprint density at radius 3 is 2.59 bits per heavy atom. The molecule has 3 N–H and O–H groups in total. The molecule has 0 bridgehead atoms. The van der Waals surface area contributed by atoms with E-state index in [4.69, 9.17) is 15.7 Å². The van der Waals surface area contributed by atoms with Crippen molar-refractivity contribution >= 4 is 5.84 Å². The van der Waals surface area contributed by atoms with Crippen molar-refractivity contribution in [2.45, 2.75) is 13.1 Å². The Hall–Kier alpha value is -1.92. The van der Waals surface area contributed by atoms with E-state index in [1.807, 2.05) is 0 Å². The monoisotopic (exact) mass is 248 g/mol. The lowest BCUT2D eigenvalue weighted by atomic mass is 10.1. The van der Waals surface area contributed by atoms with Crippen LogP contribution in [0.2, 0.25) is 0 Å². The van der Waals surface area contributed by atoms with Gasteiger partial charge in [0.2, 0.25) is 0 Å². The summed E-state index contributed by atoms with van der Waals surface area (Å²) in [5.41, 5.74) is 3.79. The second-order valence-electron chi connectivity index (χ2n) is 3.12. The largest absolute Gasteiger partial charge is 0.494 e. The summed E-state index contributed by atoms with van der Waals surface area (Å²) in [6, 6.07) is 3.24. The van der Waals surface area contributed by atoms with Gasteiger partial charge in [0.25, 0.3) is 0 Å². The molecular formula is C10H11F3N2O2. The number of rotatable bonds is 3. The predicted octanol–water partition coefficient (Wildman–Crippen LogP) is 2.20. The highest BCUT2D eigenvalue weighted by molar-refractivity contribution is 5.98. The first-order chi connectivity index (χ1) is 7.90. The molecule has 0 aromatic heterocycles. The highest BCUT2D eigenvalue weighted by Gasteiger charge is 2.34. The Morgan fingerprint density at radius 2 is 2.12 bits per heavy atom. The van der Waals surface area contributed by atoms with Crippen LogP contribution in [0.3, 0.4) is 0 Å². The number of halogens is 3. The summed E-state index contributed by atoms with van der Waals surface area (Å²) in [6.07, 6.45) is -4.60. The number of oxime groups is 1. The van der Waals surface area contributed by atoms with Gasteiger partial charge in [-0.2, -0.15) is 13.2 Å². The van der Waals surface area contributed by atoms with Gasteiger partial charge in [0.1, 0.15) is 5.75 Å². The average molecular weight is 248 g/mol. The summed E-state index contributed by atoms with van der Waals surface area (Å²) < 4.78 is 43.1. The quantitative estimate of drug-likeness (QED) is 0.373. The Morgan fingerprint density at radius 1 is 1.47 bits per heavy atom. The number of alkyl halides is 3. The third kappa shape index (κ3) is 3.02. The maximum Gasteiger partial charge on any atom is 0.417 e. The van der Waals surface area contributed by atoms with Gasteiger partial charge < -0.3 is 15.7 Å². The van der Waals surface area contributed by atoms with E-state index in [-0.39, 0.29) is 17.9 Å². The van der Waals surface area contributed by atoms with Crippen LogP contribution >= 0.6 is 0 Å². The maximum atomic E-state index is 12.7. The van der Waals surface area contributed by atoms with Gasteiger partial charge in [-0.25, -0.2) is 0 Å². The summed E-state index contributed by atoms with van der Waals surface area (Å²) in [5, 5.41) is 11.0. The molecule has 1 aromatic carbocycles. The van der Waals surface area contributed by atoms with Crippen molar-refractivity contribution in [3.05, 3.63) is 29.3 Å². The number of hydrogen-bond donors (Lipinski definition) is 2. The first-order valence-corrected chi connectivity index (χ1v) is 4.72. The summed E-state index contributed by atoms with van der Waals surface area (Å²) in [7, 11) is 0. The van der Waals surface area contributed by atoms with E-state index in [1.165, 1.54) is 6.07 Å². The van der Waals surface area contributed by atoms with Gasteiger partial charge in [-0.15, -0.1) is 0 Å². The van der Waals surface area contributed by atoms with E-state index in [2.05, 4.69) is 5.16 Å². The summed E-state index contributed by atoms with van der Waals surface area (Å²) in [6.45, 7) is 1.91. The van der Waals surface area contributed by atoms with Gasteiger partial charge in [-0.05, 0) is 25.1 Å². The van der Waals surface area contributed by atoms with Crippen LogP contribution in [0.25, 0.3) is 0 Å². The molecule has 0 saturated heterocycles. The molecule has 0 saturated carbocycles. The molecule has 0 aliphatic rings. The number of benzene rings is 1. The smallest absolute Gasteiger partial charge is 0.417 e.